The Morgan fingerprint density at radius 3 is 2.56 bits per heavy atom. The van der Waals surface area contributed by atoms with Gasteiger partial charge in [-0.3, -0.25) is 4.79 Å². The molecule has 2 nitrogen and oxygen atoms in total. The predicted molar refractivity (Wildman–Crippen MR) is 78.0 cm³/mol. The van der Waals surface area contributed by atoms with E-state index < -0.39 is 0 Å². The SMILES string of the molecule is Cc1csc(C(=O)N2CCC(C(C)Cl)CC2)c1Cl. The topological polar surface area (TPSA) is 20.3 Å². The van der Waals surface area contributed by atoms with E-state index >= 15 is 0 Å². The van der Waals surface area contributed by atoms with E-state index in [4.69, 9.17) is 23.2 Å². The second-order valence-corrected chi connectivity index (χ2v) is 6.82. The zero-order chi connectivity index (χ0) is 13.3. The van der Waals surface area contributed by atoms with E-state index in [0.29, 0.717) is 15.8 Å². The van der Waals surface area contributed by atoms with E-state index in [9.17, 15) is 4.79 Å². The molecule has 0 bridgehead atoms. The van der Waals surface area contributed by atoms with E-state index in [-0.39, 0.29) is 11.3 Å². The van der Waals surface area contributed by atoms with Crippen molar-refractivity contribution in [1.29, 1.82) is 0 Å². The van der Waals surface area contributed by atoms with Crippen LogP contribution in [0.3, 0.4) is 0 Å². The van der Waals surface area contributed by atoms with Gasteiger partial charge in [-0.25, -0.2) is 0 Å². The third-order valence-electron chi connectivity index (χ3n) is 3.57. The summed E-state index contributed by atoms with van der Waals surface area (Å²) in [7, 11) is 0. The normalized spacial score (nSPS) is 19.0. The molecule has 0 aromatic carbocycles. The summed E-state index contributed by atoms with van der Waals surface area (Å²) in [6.07, 6.45) is 1.97. The average molecular weight is 306 g/mol. The highest BCUT2D eigenvalue weighted by Crippen LogP contribution is 2.30. The first-order chi connectivity index (χ1) is 8.50. The highest BCUT2D eigenvalue weighted by Gasteiger charge is 2.27. The van der Waals surface area contributed by atoms with Crippen LogP contribution in [0.2, 0.25) is 5.02 Å². The number of aryl methyl sites for hydroxylation is 1. The van der Waals surface area contributed by atoms with Gasteiger partial charge in [-0.05, 0) is 43.6 Å². The molecule has 0 radical (unpaired) electrons. The van der Waals surface area contributed by atoms with Gasteiger partial charge >= 0.3 is 0 Å². The van der Waals surface area contributed by atoms with Gasteiger partial charge in [0, 0.05) is 18.5 Å². The van der Waals surface area contributed by atoms with E-state index in [1.54, 1.807) is 0 Å². The monoisotopic (exact) mass is 305 g/mol. The van der Waals surface area contributed by atoms with Crippen LogP contribution in [-0.2, 0) is 0 Å². The van der Waals surface area contributed by atoms with Crippen LogP contribution in [0.4, 0.5) is 0 Å². The molecular formula is C13H17Cl2NOS. The number of hydrogen-bond donors (Lipinski definition) is 0. The molecule has 1 atom stereocenters. The molecule has 2 rings (SSSR count). The van der Waals surface area contributed by atoms with Gasteiger partial charge < -0.3 is 4.90 Å². The highest BCUT2D eigenvalue weighted by atomic mass is 35.5. The van der Waals surface area contributed by atoms with Crippen molar-refractivity contribution in [3.63, 3.8) is 0 Å². The largest absolute Gasteiger partial charge is 0.338 e. The second kappa shape index (κ2) is 5.81. The van der Waals surface area contributed by atoms with Gasteiger partial charge in [-0.15, -0.1) is 22.9 Å². The van der Waals surface area contributed by atoms with Gasteiger partial charge in [-0.1, -0.05) is 11.6 Å². The minimum absolute atomic E-state index is 0.0683. The number of carbonyl (C=O) groups is 1. The smallest absolute Gasteiger partial charge is 0.265 e. The second-order valence-electron chi connectivity index (χ2n) is 4.87. The van der Waals surface area contributed by atoms with Crippen LogP contribution in [0, 0.1) is 12.8 Å². The van der Waals surface area contributed by atoms with Gasteiger partial charge in [0.25, 0.3) is 5.91 Å². The van der Waals surface area contributed by atoms with Crippen molar-refractivity contribution >= 4 is 40.4 Å². The predicted octanol–water partition coefficient (Wildman–Crippen LogP) is 4.19. The molecule has 1 amide bonds. The lowest BCUT2D eigenvalue weighted by Gasteiger charge is -2.33. The van der Waals surface area contributed by atoms with Gasteiger partial charge in [0.05, 0.1) is 5.02 Å². The molecule has 1 fully saturated rings. The number of hydrogen-bond acceptors (Lipinski definition) is 2. The summed E-state index contributed by atoms with van der Waals surface area (Å²) < 4.78 is 0. The van der Waals surface area contributed by atoms with Crippen molar-refractivity contribution in [1.82, 2.24) is 4.90 Å². The van der Waals surface area contributed by atoms with Crippen LogP contribution in [0.5, 0.6) is 0 Å². The van der Waals surface area contributed by atoms with Crippen LogP contribution in [0.1, 0.15) is 35.0 Å². The van der Waals surface area contributed by atoms with Crippen molar-refractivity contribution in [3.8, 4) is 0 Å². The number of thiophene rings is 1. The van der Waals surface area contributed by atoms with Gasteiger partial charge in [-0.2, -0.15) is 0 Å². The van der Waals surface area contributed by atoms with Gasteiger partial charge in [0.1, 0.15) is 4.88 Å². The molecule has 1 aromatic heterocycles. The fraction of sp³-hybridized carbons (Fsp3) is 0.615. The maximum atomic E-state index is 12.3. The number of alkyl halides is 1. The zero-order valence-corrected chi connectivity index (χ0v) is 12.9. The molecule has 1 aliphatic rings. The highest BCUT2D eigenvalue weighted by molar-refractivity contribution is 7.13. The Morgan fingerprint density at radius 1 is 1.50 bits per heavy atom. The van der Waals surface area contributed by atoms with Crippen molar-refractivity contribution in [2.75, 3.05) is 13.1 Å². The molecule has 0 spiro atoms. The zero-order valence-electron chi connectivity index (χ0n) is 10.6. The number of rotatable bonds is 2. The van der Waals surface area contributed by atoms with Crippen LogP contribution < -0.4 is 0 Å². The lowest BCUT2D eigenvalue weighted by atomic mass is 9.94. The van der Waals surface area contributed by atoms with E-state index in [1.807, 2.05) is 24.1 Å². The summed E-state index contributed by atoms with van der Waals surface area (Å²) in [4.78, 5) is 14.9. The first kappa shape index (κ1) is 14.2. The standard InChI is InChI=1S/C13H17Cl2NOS/c1-8-7-18-12(11(8)15)13(17)16-5-3-10(4-6-16)9(2)14/h7,9-10H,3-6H2,1-2H3. The molecule has 1 saturated heterocycles. The summed E-state index contributed by atoms with van der Waals surface area (Å²) >= 11 is 13.7. The number of nitrogens with zero attached hydrogens (tertiary/aromatic N) is 1. The summed E-state index contributed by atoms with van der Waals surface area (Å²) in [5.74, 6) is 0.593. The molecule has 1 unspecified atom stereocenters. The van der Waals surface area contributed by atoms with Crippen molar-refractivity contribution < 1.29 is 4.79 Å². The summed E-state index contributed by atoms with van der Waals surface area (Å²) in [6.45, 7) is 5.53. The molecule has 0 aliphatic carbocycles. The van der Waals surface area contributed by atoms with Crippen LogP contribution in [-0.4, -0.2) is 29.3 Å². The first-order valence-electron chi connectivity index (χ1n) is 6.17. The molecule has 0 N–H and O–H groups in total. The number of amides is 1. The fourth-order valence-corrected chi connectivity index (χ4v) is 3.77. The molecule has 1 aliphatic heterocycles. The van der Waals surface area contributed by atoms with E-state index in [2.05, 4.69) is 0 Å². The molecule has 100 valence electrons. The fourth-order valence-electron chi connectivity index (χ4n) is 2.28. The van der Waals surface area contributed by atoms with Gasteiger partial charge in [0.15, 0.2) is 0 Å². The maximum Gasteiger partial charge on any atom is 0.265 e. The molecule has 2 heterocycles. The Balaban J connectivity index is 2.02. The lowest BCUT2D eigenvalue weighted by Crippen LogP contribution is -2.39. The Morgan fingerprint density at radius 2 is 2.11 bits per heavy atom. The summed E-state index contributed by atoms with van der Waals surface area (Å²) in [6, 6.07) is 0. The lowest BCUT2D eigenvalue weighted by molar-refractivity contribution is 0.0695. The number of carbonyl (C=O) groups excluding carboxylic acids is 1. The summed E-state index contributed by atoms with van der Waals surface area (Å²) in [5, 5.41) is 2.73. The van der Waals surface area contributed by atoms with Crippen molar-refractivity contribution in [2.24, 2.45) is 5.92 Å². The third-order valence-corrected chi connectivity index (χ3v) is 5.61. The molecule has 0 saturated carbocycles. The number of halogens is 2. The molecule has 1 aromatic rings. The first-order valence-corrected chi connectivity index (χ1v) is 7.87. The Hall–Kier alpha value is -0.250. The Bertz CT molecular complexity index is 436. The quantitative estimate of drug-likeness (QED) is 0.750. The molecular weight excluding hydrogens is 289 g/mol. The van der Waals surface area contributed by atoms with E-state index in [0.717, 1.165) is 31.5 Å². The third kappa shape index (κ3) is 2.84. The van der Waals surface area contributed by atoms with E-state index in [1.165, 1.54) is 11.3 Å². The molecule has 18 heavy (non-hydrogen) atoms. The van der Waals surface area contributed by atoms with Crippen molar-refractivity contribution in [3.05, 3.63) is 20.8 Å². The average Bonchev–Trinajstić information content (AvgIpc) is 2.69. The van der Waals surface area contributed by atoms with Gasteiger partial charge in [0.2, 0.25) is 0 Å². The van der Waals surface area contributed by atoms with Crippen LogP contribution in [0.25, 0.3) is 0 Å². The Labute approximate surface area is 122 Å². The molecule has 5 heteroatoms. The van der Waals surface area contributed by atoms with Crippen molar-refractivity contribution in [2.45, 2.75) is 32.1 Å². The number of piperidine rings is 1. The number of likely N-dealkylation sites (tertiary alicyclic amines) is 1. The minimum atomic E-state index is 0.0683. The van der Waals surface area contributed by atoms with Crippen LogP contribution >= 0.6 is 34.5 Å². The maximum absolute atomic E-state index is 12.3. The Kier molecular flexibility index (Phi) is 4.57. The minimum Gasteiger partial charge on any atom is -0.338 e. The summed E-state index contributed by atoms with van der Waals surface area (Å²) in [5.41, 5.74) is 0.981. The van der Waals surface area contributed by atoms with Crippen LogP contribution in [0.15, 0.2) is 5.38 Å².